The Balaban J connectivity index is 1.45. The maximum Gasteiger partial charge on any atom is 0.257 e. The Labute approximate surface area is 177 Å². The molecule has 4 rings (SSSR count). The van der Waals surface area contributed by atoms with Gasteiger partial charge in [-0.05, 0) is 50.2 Å². The van der Waals surface area contributed by atoms with E-state index in [1.165, 1.54) is 16.2 Å². The molecule has 5 nitrogen and oxygen atoms in total. The summed E-state index contributed by atoms with van der Waals surface area (Å²) in [6.07, 6.45) is 3.48. The van der Waals surface area contributed by atoms with Crippen molar-refractivity contribution in [1.82, 2.24) is 9.97 Å². The van der Waals surface area contributed by atoms with E-state index in [4.69, 9.17) is 4.74 Å². The van der Waals surface area contributed by atoms with Crippen LogP contribution in [0, 0.1) is 13.8 Å². The molecule has 3 aromatic heterocycles. The number of hydrogen-bond donors (Lipinski definition) is 1. The first kappa shape index (κ1) is 19.3. The molecular formula is C22H19N3O2S2. The molecule has 0 radical (unpaired) electrons. The summed E-state index contributed by atoms with van der Waals surface area (Å²) in [6.45, 7) is 4.49. The van der Waals surface area contributed by atoms with Crippen molar-refractivity contribution in [1.29, 1.82) is 0 Å². The van der Waals surface area contributed by atoms with Crippen molar-refractivity contribution in [3.05, 3.63) is 81.8 Å². The van der Waals surface area contributed by atoms with E-state index >= 15 is 0 Å². The summed E-state index contributed by atoms with van der Waals surface area (Å²) in [5.74, 6) is 0.422. The number of nitrogens with one attached hydrogen (secondary N) is 1. The van der Waals surface area contributed by atoms with Crippen LogP contribution in [-0.2, 0) is 6.61 Å². The molecule has 3 heterocycles. The smallest absolute Gasteiger partial charge is 0.257 e. The van der Waals surface area contributed by atoms with Crippen LogP contribution in [0.15, 0.2) is 60.9 Å². The second-order valence-corrected chi connectivity index (χ2v) is 8.96. The molecule has 0 aliphatic rings. The van der Waals surface area contributed by atoms with Crippen LogP contribution < -0.4 is 10.1 Å². The summed E-state index contributed by atoms with van der Waals surface area (Å²) < 4.78 is 5.78. The van der Waals surface area contributed by atoms with E-state index in [9.17, 15) is 4.79 Å². The first-order chi connectivity index (χ1) is 14.1. The normalized spacial score (nSPS) is 10.7. The predicted molar refractivity (Wildman–Crippen MR) is 118 cm³/mol. The lowest BCUT2D eigenvalue weighted by atomic mass is 10.2. The van der Waals surface area contributed by atoms with Crippen molar-refractivity contribution in [3.63, 3.8) is 0 Å². The van der Waals surface area contributed by atoms with Crippen molar-refractivity contribution in [2.24, 2.45) is 0 Å². The Kier molecular flexibility index (Phi) is 5.69. The van der Waals surface area contributed by atoms with Gasteiger partial charge in [0.15, 0.2) is 5.13 Å². The van der Waals surface area contributed by atoms with Crippen molar-refractivity contribution in [2.45, 2.75) is 20.5 Å². The Hall–Kier alpha value is -3.03. The second kappa shape index (κ2) is 8.55. The van der Waals surface area contributed by atoms with Gasteiger partial charge in [-0.1, -0.05) is 12.1 Å². The molecule has 0 atom stereocenters. The minimum Gasteiger partial charge on any atom is -0.489 e. The minimum atomic E-state index is -0.209. The maximum absolute atomic E-state index is 12.7. The van der Waals surface area contributed by atoms with E-state index in [0.717, 1.165) is 21.0 Å². The second-order valence-electron chi connectivity index (χ2n) is 6.47. The van der Waals surface area contributed by atoms with E-state index in [-0.39, 0.29) is 5.91 Å². The van der Waals surface area contributed by atoms with Gasteiger partial charge in [0.2, 0.25) is 0 Å². The SMILES string of the molecule is Cc1ccc(-c2nc(NC(=O)c3cccc(OCc4cccnc4)c3)sc2C)s1. The highest BCUT2D eigenvalue weighted by Crippen LogP contribution is 2.34. The minimum absolute atomic E-state index is 0.209. The van der Waals surface area contributed by atoms with Crippen molar-refractivity contribution in [3.8, 4) is 16.3 Å². The molecule has 0 saturated heterocycles. The zero-order valence-electron chi connectivity index (χ0n) is 16.0. The average Bonchev–Trinajstić information content (AvgIpc) is 3.32. The molecule has 0 spiro atoms. The van der Waals surface area contributed by atoms with Crippen molar-refractivity contribution in [2.75, 3.05) is 5.32 Å². The largest absolute Gasteiger partial charge is 0.489 e. The van der Waals surface area contributed by atoms with Gasteiger partial charge >= 0.3 is 0 Å². The highest BCUT2D eigenvalue weighted by molar-refractivity contribution is 7.18. The number of rotatable bonds is 6. The lowest BCUT2D eigenvalue weighted by molar-refractivity contribution is 0.102. The fourth-order valence-corrected chi connectivity index (χ4v) is 4.59. The average molecular weight is 422 g/mol. The molecule has 0 aliphatic heterocycles. The van der Waals surface area contributed by atoms with E-state index in [2.05, 4.69) is 34.3 Å². The third kappa shape index (κ3) is 4.70. The summed E-state index contributed by atoms with van der Waals surface area (Å²) >= 11 is 3.18. The summed E-state index contributed by atoms with van der Waals surface area (Å²) in [4.78, 5) is 24.8. The van der Waals surface area contributed by atoms with Gasteiger partial charge in [-0.25, -0.2) is 4.98 Å². The number of nitrogens with zero attached hydrogens (tertiary/aromatic N) is 2. The molecule has 7 heteroatoms. The molecule has 1 aromatic carbocycles. The zero-order chi connectivity index (χ0) is 20.2. The first-order valence-electron chi connectivity index (χ1n) is 9.06. The number of carbonyl (C=O) groups is 1. The molecule has 1 amide bonds. The molecule has 0 saturated carbocycles. The van der Waals surface area contributed by atoms with E-state index in [1.54, 1.807) is 41.9 Å². The molecule has 0 aliphatic carbocycles. The van der Waals surface area contributed by atoms with Gasteiger partial charge in [-0.3, -0.25) is 15.1 Å². The van der Waals surface area contributed by atoms with Crippen LogP contribution in [0.25, 0.3) is 10.6 Å². The number of thiophene rings is 1. The number of benzene rings is 1. The van der Waals surface area contributed by atoms with Gasteiger partial charge < -0.3 is 4.74 Å². The molecule has 0 fully saturated rings. The van der Waals surface area contributed by atoms with Crippen LogP contribution in [0.5, 0.6) is 5.75 Å². The third-order valence-corrected chi connectivity index (χ3v) is 6.11. The number of anilines is 1. The van der Waals surface area contributed by atoms with Crippen LogP contribution in [0.1, 0.15) is 25.7 Å². The fourth-order valence-electron chi connectivity index (χ4n) is 2.79. The summed E-state index contributed by atoms with van der Waals surface area (Å²) in [5, 5.41) is 3.50. The number of ether oxygens (including phenoxy) is 1. The standard InChI is InChI=1S/C22H19N3O2S2/c1-14-8-9-19(28-14)20-15(2)29-22(24-20)25-21(26)17-6-3-7-18(11-17)27-13-16-5-4-10-23-12-16/h3-12H,13H2,1-2H3,(H,24,25,26). The first-order valence-corrected chi connectivity index (χ1v) is 10.7. The molecular weight excluding hydrogens is 402 g/mol. The molecule has 0 bridgehead atoms. The highest BCUT2D eigenvalue weighted by atomic mass is 32.1. The summed E-state index contributed by atoms with van der Waals surface area (Å²) in [5.41, 5.74) is 2.42. The number of aromatic nitrogens is 2. The lowest BCUT2D eigenvalue weighted by Crippen LogP contribution is -2.11. The van der Waals surface area contributed by atoms with E-state index < -0.39 is 0 Å². The van der Waals surface area contributed by atoms with Crippen LogP contribution >= 0.6 is 22.7 Å². The Morgan fingerprint density at radius 1 is 1.10 bits per heavy atom. The van der Waals surface area contributed by atoms with Gasteiger partial charge in [-0.2, -0.15) is 0 Å². The lowest BCUT2D eigenvalue weighted by Gasteiger charge is -2.08. The third-order valence-electron chi connectivity index (χ3n) is 4.22. The van der Waals surface area contributed by atoms with Crippen LogP contribution in [0.4, 0.5) is 5.13 Å². The van der Waals surface area contributed by atoms with Gasteiger partial charge in [0.1, 0.15) is 12.4 Å². The van der Waals surface area contributed by atoms with Crippen molar-refractivity contribution < 1.29 is 9.53 Å². The fraction of sp³-hybridized carbons (Fsp3) is 0.136. The van der Waals surface area contributed by atoms with Crippen LogP contribution in [0.2, 0.25) is 0 Å². The number of amides is 1. The van der Waals surface area contributed by atoms with Gasteiger partial charge in [0.25, 0.3) is 5.91 Å². The van der Waals surface area contributed by atoms with E-state index in [0.29, 0.717) is 23.1 Å². The number of pyridine rings is 1. The van der Waals surface area contributed by atoms with Crippen LogP contribution in [0.3, 0.4) is 0 Å². The molecule has 29 heavy (non-hydrogen) atoms. The molecule has 1 N–H and O–H groups in total. The van der Waals surface area contributed by atoms with E-state index in [1.807, 2.05) is 25.1 Å². The Morgan fingerprint density at radius 3 is 2.76 bits per heavy atom. The number of carbonyl (C=O) groups excluding carboxylic acids is 1. The number of hydrogen-bond acceptors (Lipinski definition) is 6. The Bertz CT molecular complexity index is 1140. The van der Waals surface area contributed by atoms with Crippen molar-refractivity contribution >= 4 is 33.7 Å². The monoisotopic (exact) mass is 421 g/mol. The predicted octanol–water partition coefficient (Wildman–Crippen LogP) is 5.71. The van der Waals surface area contributed by atoms with Gasteiger partial charge in [0.05, 0.1) is 10.6 Å². The number of thiazole rings is 1. The molecule has 4 aromatic rings. The summed E-state index contributed by atoms with van der Waals surface area (Å²) in [7, 11) is 0. The molecule has 146 valence electrons. The van der Waals surface area contributed by atoms with Gasteiger partial charge in [-0.15, -0.1) is 22.7 Å². The summed E-state index contributed by atoms with van der Waals surface area (Å²) in [6, 6.07) is 15.1. The maximum atomic E-state index is 12.7. The topological polar surface area (TPSA) is 64.1 Å². The van der Waals surface area contributed by atoms with Crippen LogP contribution in [-0.4, -0.2) is 15.9 Å². The van der Waals surface area contributed by atoms with Gasteiger partial charge in [0, 0.05) is 33.3 Å². The Morgan fingerprint density at radius 2 is 2.00 bits per heavy atom. The highest BCUT2D eigenvalue weighted by Gasteiger charge is 2.14. The zero-order valence-corrected chi connectivity index (χ0v) is 17.6. The molecule has 0 unspecified atom stereocenters. The number of aryl methyl sites for hydroxylation is 2. The quantitative estimate of drug-likeness (QED) is 0.433.